The van der Waals surface area contributed by atoms with Crippen LogP contribution < -0.4 is 0 Å². The molecule has 14 heavy (non-hydrogen) atoms. The Balaban J connectivity index is 2.78. The average Bonchev–Trinajstić information content (AvgIpc) is 2.39. The van der Waals surface area contributed by atoms with Crippen LogP contribution in [-0.2, 0) is 9.59 Å². The highest BCUT2D eigenvalue weighted by molar-refractivity contribution is 6.16. The van der Waals surface area contributed by atoms with Crippen LogP contribution in [0.5, 0.6) is 0 Å². The summed E-state index contributed by atoms with van der Waals surface area (Å²) in [7, 11) is 0. The van der Waals surface area contributed by atoms with Crippen LogP contribution in [0, 0.1) is 0 Å². The van der Waals surface area contributed by atoms with E-state index in [0.717, 1.165) is 19.3 Å². The Morgan fingerprint density at radius 2 is 2.00 bits per heavy atom. The van der Waals surface area contributed by atoms with E-state index in [9.17, 15) is 9.59 Å². The fourth-order valence-corrected chi connectivity index (χ4v) is 1.80. The van der Waals surface area contributed by atoms with Gasteiger partial charge >= 0.3 is 0 Å². The molecule has 3 nitrogen and oxygen atoms in total. The number of rotatable bonds is 4. The third-order valence-electron chi connectivity index (χ3n) is 2.59. The van der Waals surface area contributed by atoms with Crippen LogP contribution in [-0.4, -0.2) is 22.8 Å². The number of carbonyl (C=O) groups is 2. The average molecular weight is 195 g/mol. The molecule has 0 fully saturated rings. The predicted octanol–water partition coefficient (Wildman–Crippen LogP) is 1.88. The first-order valence-electron chi connectivity index (χ1n) is 5.17. The Hall–Kier alpha value is -1.12. The van der Waals surface area contributed by atoms with Gasteiger partial charge in [0.05, 0.1) is 0 Å². The zero-order chi connectivity index (χ0) is 10.7. The van der Waals surface area contributed by atoms with Gasteiger partial charge in [-0.05, 0) is 19.8 Å². The molecular formula is C11H17NO2. The van der Waals surface area contributed by atoms with Gasteiger partial charge in [-0.1, -0.05) is 20.3 Å². The Morgan fingerprint density at radius 1 is 1.36 bits per heavy atom. The van der Waals surface area contributed by atoms with Gasteiger partial charge in [-0.2, -0.15) is 0 Å². The van der Waals surface area contributed by atoms with Gasteiger partial charge in [0.2, 0.25) is 0 Å². The fraction of sp³-hybridized carbons (Fsp3) is 0.636. The highest BCUT2D eigenvalue weighted by atomic mass is 16.2. The highest BCUT2D eigenvalue weighted by Gasteiger charge is 2.32. The smallest absolute Gasteiger partial charge is 0.256 e. The zero-order valence-electron chi connectivity index (χ0n) is 9.04. The topological polar surface area (TPSA) is 37.4 Å². The van der Waals surface area contributed by atoms with Crippen molar-refractivity contribution in [1.82, 2.24) is 4.90 Å². The van der Waals surface area contributed by atoms with Gasteiger partial charge in [-0.3, -0.25) is 14.5 Å². The van der Waals surface area contributed by atoms with E-state index in [0.29, 0.717) is 5.57 Å². The van der Waals surface area contributed by atoms with Crippen molar-refractivity contribution in [2.24, 2.45) is 0 Å². The lowest BCUT2D eigenvalue weighted by atomic mass is 10.1. The molecule has 0 saturated carbocycles. The maximum absolute atomic E-state index is 11.6. The summed E-state index contributed by atoms with van der Waals surface area (Å²) < 4.78 is 0. The monoisotopic (exact) mass is 195 g/mol. The molecule has 0 bridgehead atoms. The van der Waals surface area contributed by atoms with Gasteiger partial charge < -0.3 is 0 Å². The molecule has 1 atom stereocenters. The van der Waals surface area contributed by atoms with E-state index in [1.54, 1.807) is 6.92 Å². The molecule has 78 valence electrons. The first kappa shape index (κ1) is 11.0. The lowest BCUT2D eigenvalue weighted by Gasteiger charge is -2.24. The number of imide groups is 1. The minimum Gasteiger partial charge on any atom is -0.272 e. The normalized spacial score (nSPS) is 18.8. The molecule has 1 heterocycles. The number of amides is 2. The van der Waals surface area contributed by atoms with E-state index < -0.39 is 0 Å². The van der Waals surface area contributed by atoms with Gasteiger partial charge in [0.15, 0.2) is 0 Å². The van der Waals surface area contributed by atoms with Gasteiger partial charge in [-0.15, -0.1) is 0 Å². The summed E-state index contributed by atoms with van der Waals surface area (Å²) in [5, 5.41) is 0. The molecule has 0 aromatic carbocycles. The van der Waals surface area contributed by atoms with Crippen LogP contribution in [0.3, 0.4) is 0 Å². The largest absolute Gasteiger partial charge is 0.272 e. The summed E-state index contributed by atoms with van der Waals surface area (Å²) in [6, 6.07) is 0.0775. The van der Waals surface area contributed by atoms with E-state index in [2.05, 4.69) is 6.92 Å². The minimum absolute atomic E-state index is 0.0775. The van der Waals surface area contributed by atoms with Crippen molar-refractivity contribution in [2.45, 2.75) is 46.1 Å². The lowest BCUT2D eigenvalue weighted by molar-refractivity contribution is -0.140. The summed E-state index contributed by atoms with van der Waals surface area (Å²) in [6.07, 6.45) is 4.16. The summed E-state index contributed by atoms with van der Waals surface area (Å²) in [5.41, 5.74) is 0.560. The molecule has 0 aromatic rings. The van der Waals surface area contributed by atoms with Crippen LogP contribution in [0.15, 0.2) is 11.6 Å². The van der Waals surface area contributed by atoms with Gasteiger partial charge in [-0.25, -0.2) is 0 Å². The maximum atomic E-state index is 11.6. The van der Waals surface area contributed by atoms with Crippen LogP contribution in [0.2, 0.25) is 0 Å². The maximum Gasteiger partial charge on any atom is 0.256 e. The third kappa shape index (κ3) is 1.86. The molecular weight excluding hydrogens is 178 g/mol. The van der Waals surface area contributed by atoms with Gasteiger partial charge in [0, 0.05) is 17.7 Å². The van der Waals surface area contributed by atoms with Crippen molar-refractivity contribution in [3.05, 3.63) is 11.6 Å². The van der Waals surface area contributed by atoms with E-state index in [-0.39, 0.29) is 17.9 Å². The molecule has 1 unspecified atom stereocenters. The molecule has 2 amide bonds. The third-order valence-corrected chi connectivity index (χ3v) is 2.59. The summed E-state index contributed by atoms with van der Waals surface area (Å²) in [5.74, 6) is -0.261. The summed E-state index contributed by atoms with van der Waals surface area (Å²) >= 11 is 0. The summed E-state index contributed by atoms with van der Waals surface area (Å²) in [4.78, 5) is 24.5. The lowest BCUT2D eigenvalue weighted by Crippen LogP contribution is -2.40. The number of hydrogen-bond acceptors (Lipinski definition) is 2. The minimum atomic E-state index is -0.146. The van der Waals surface area contributed by atoms with Crippen molar-refractivity contribution < 1.29 is 9.59 Å². The van der Waals surface area contributed by atoms with Crippen molar-refractivity contribution in [3.63, 3.8) is 0 Å². The van der Waals surface area contributed by atoms with E-state index in [1.165, 1.54) is 11.0 Å². The Labute approximate surface area is 84.8 Å². The standard InChI is InChI=1S/C11H17NO2/c1-4-6-9(5-2)12-10(13)7-8(3)11(12)14/h7,9H,4-6H2,1-3H3. The Morgan fingerprint density at radius 3 is 2.36 bits per heavy atom. The molecule has 0 aliphatic carbocycles. The first-order valence-corrected chi connectivity index (χ1v) is 5.17. The predicted molar refractivity (Wildman–Crippen MR) is 54.6 cm³/mol. The summed E-state index contributed by atoms with van der Waals surface area (Å²) in [6.45, 7) is 5.77. The van der Waals surface area contributed by atoms with E-state index in [1.807, 2.05) is 6.92 Å². The highest BCUT2D eigenvalue weighted by Crippen LogP contribution is 2.20. The van der Waals surface area contributed by atoms with Crippen LogP contribution >= 0.6 is 0 Å². The van der Waals surface area contributed by atoms with Crippen molar-refractivity contribution in [3.8, 4) is 0 Å². The molecule has 0 radical (unpaired) electrons. The molecule has 0 N–H and O–H groups in total. The van der Waals surface area contributed by atoms with Gasteiger partial charge in [0.25, 0.3) is 11.8 Å². The zero-order valence-corrected chi connectivity index (χ0v) is 9.04. The quantitative estimate of drug-likeness (QED) is 0.642. The molecule has 0 aromatic heterocycles. The molecule has 1 aliphatic heterocycles. The fourth-order valence-electron chi connectivity index (χ4n) is 1.80. The van der Waals surface area contributed by atoms with Crippen LogP contribution in [0.4, 0.5) is 0 Å². The number of nitrogens with zero attached hydrogens (tertiary/aromatic N) is 1. The second-order valence-corrected chi connectivity index (χ2v) is 3.69. The molecule has 1 rings (SSSR count). The van der Waals surface area contributed by atoms with Crippen LogP contribution in [0.1, 0.15) is 40.0 Å². The molecule has 3 heteroatoms. The van der Waals surface area contributed by atoms with Crippen molar-refractivity contribution in [1.29, 1.82) is 0 Å². The Bertz CT molecular complexity index is 281. The number of hydrogen-bond donors (Lipinski definition) is 0. The van der Waals surface area contributed by atoms with Gasteiger partial charge in [0.1, 0.15) is 0 Å². The number of carbonyl (C=O) groups excluding carboxylic acids is 2. The second-order valence-electron chi connectivity index (χ2n) is 3.69. The second kappa shape index (κ2) is 4.40. The SMILES string of the molecule is CCCC(CC)N1C(=O)C=C(C)C1=O. The molecule has 1 aliphatic rings. The van der Waals surface area contributed by atoms with E-state index in [4.69, 9.17) is 0 Å². The van der Waals surface area contributed by atoms with Crippen molar-refractivity contribution >= 4 is 11.8 Å². The molecule has 0 saturated heterocycles. The van der Waals surface area contributed by atoms with Crippen LogP contribution in [0.25, 0.3) is 0 Å². The Kier molecular flexibility index (Phi) is 3.44. The van der Waals surface area contributed by atoms with Crippen molar-refractivity contribution in [2.75, 3.05) is 0 Å². The first-order chi connectivity index (χ1) is 6.61. The van der Waals surface area contributed by atoms with E-state index >= 15 is 0 Å². The molecule has 0 spiro atoms.